The van der Waals surface area contributed by atoms with Gasteiger partial charge in [0.1, 0.15) is 0 Å². The van der Waals surface area contributed by atoms with Gasteiger partial charge in [-0.05, 0) is 28.1 Å². The van der Waals surface area contributed by atoms with Crippen molar-refractivity contribution in [2.45, 2.75) is 19.8 Å². The molecule has 17 heavy (non-hydrogen) atoms. The van der Waals surface area contributed by atoms with Crippen molar-refractivity contribution in [2.75, 3.05) is 0 Å². The molecule has 0 saturated heterocycles. The third-order valence-electron chi connectivity index (χ3n) is 2.39. The quantitative estimate of drug-likeness (QED) is 0.845. The maximum absolute atomic E-state index is 10.5. The molecule has 1 N–H and O–H groups in total. The molecular weight excluding hydrogens is 220 g/mol. The first-order chi connectivity index (χ1) is 8.20. The Morgan fingerprint density at radius 2 is 2.06 bits per heavy atom. The van der Waals surface area contributed by atoms with Crippen LogP contribution in [0.3, 0.4) is 0 Å². The summed E-state index contributed by atoms with van der Waals surface area (Å²) in [5.74, 6) is -0.0644. The van der Waals surface area contributed by atoms with E-state index >= 15 is 0 Å². The van der Waals surface area contributed by atoms with E-state index in [1.807, 2.05) is 19.1 Å². The number of carboxylic acid groups (broad SMARTS) is 1. The summed E-state index contributed by atoms with van der Waals surface area (Å²) in [6.07, 6.45) is 0.764. The van der Waals surface area contributed by atoms with Crippen LogP contribution in [0, 0.1) is 0 Å². The van der Waals surface area contributed by atoms with Crippen molar-refractivity contribution in [3.05, 3.63) is 35.7 Å². The first-order valence-electron chi connectivity index (χ1n) is 5.29. The van der Waals surface area contributed by atoms with Gasteiger partial charge in [-0.15, -0.1) is 5.10 Å². The van der Waals surface area contributed by atoms with E-state index in [0.29, 0.717) is 0 Å². The normalized spacial score (nSPS) is 10.4. The molecule has 1 aromatic heterocycles. The second kappa shape index (κ2) is 4.73. The third kappa shape index (κ3) is 2.47. The Morgan fingerprint density at radius 1 is 1.35 bits per heavy atom. The highest BCUT2D eigenvalue weighted by Gasteiger charge is 2.06. The minimum atomic E-state index is -0.839. The van der Waals surface area contributed by atoms with E-state index in [0.717, 1.165) is 23.5 Å². The smallest absolute Gasteiger partial charge is 0.307 e. The number of hydrogen-bond donors (Lipinski definition) is 1. The van der Waals surface area contributed by atoms with Crippen LogP contribution in [0.25, 0.3) is 5.69 Å². The predicted molar refractivity (Wildman–Crippen MR) is 59.9 cm³/mol. The summed E-state index contributed by atoms with van der Waals surface area (Å²) in [5, 5.41) is 20.1. The number of carboxylic acids is 1. The Balaban J connectivity index is 2.26. The highest BCUT2D eigenvalue weighted by Crippen LogP contribution is 2.10. The summed E-state index contributed by atoms with van der Waals surface area (Å²) in [7, 11) is 0. The topological polar surface area (TPSA) is 80.9 Å². The van der Waals surface area contributed by atoms with E-state index in [4.69, 9.17) is 5.11 Å². The number of carbonyl (C=O) groups is 1. The largest absolute Gasteiger partial charge is 0.481 e. The fourth-order valence-electron chi connectivity index (χ4n) is 1.56. The van der Waals surface area contributed by atoms with Crippen LogP contribution in [0.15, 0.2) is 24.3 Å². The number of rotatable bonds is 4. The van der Waals surface area contributed by atoms with E-state index in [1.54, 1.807) is 16.8 Å². The van der Waals surface area contributed by atoms with Crippen molar-refractivity contribution in [1.82, 2.24) is 20.2 Å². The van der Waals surface area contributed by atoms with Gasteiger partial charge in [0.25, 0.3) is 0 Å². The molecule has 0 saturated carbocycles. The molecule has 6 nitrogen and oxygen atoms in total. The molecule has 2 rings (SSSR count). The second-order valence-corrected chi connectivity index (χ2v) is 3.60. The Bertz CT molecular complexity index is 519. The van der Waals surface area contributed by atoms with Crippen molar-refractivity contribution < 1.29 is 9.90 Å². The maximum atomic E-state index is 10.5. The number of nitrogens with zero attached hydrogens (tertiary/aromatic N) is 4. The summed E-state index contributed by atoms with van der Waals surface area (Å²) >= 11 is 0. The van der Waals surface area contributed by atoms with Crippen LogP contribution in [0.5, 0.6) is 0 Å². The van der Waals surface area contributed by atoms with E-state index in [-0.39, 0.29) is 6.42 Å². The molecule has 0 unspecified atom stereocenters. The third-order valence-corrected chi connectivity index (χ3v) is 2.39. The van der Waals surface area contributed by atoms with Gasteiger partial charge in [-0.25, -0.2) is 0 Å². The molecule has 0 aliphatic carbocycles. The molecule has 0 bridgehead atoms. The van der Waals surface area contributed by atoms with Crippen LogP contribution < -0.4 is 0 Å². The fraction of sp³-hybridized carbons (Fsp3) is 0.273. The van der Waals surface area contributed by atoms with Crippen LogP contribution in [0.2, 0.25) is 0 Å². The molecule has 0 fully saturated rings. The van der Waals surface area contributed by atoms with Gasteiger partial charge in [-0.3, -0.25) is 4.79 Å². The van der Waals surface area contributed by atoms with Crippen LogP contribution in [-0.2, 0) is 17.6 Å². The lowest BCUT2D eigenvalue weighted by Gasteiger charge is -2.03. The molecule has 6 heteroatoms. The molecule has 88 valence electrons. The lowest BCUT2D eigenvalue weighted by Crippen LogP contribution is -2.03. The number of tetrazole rings is 1. The highest BCUT2D eigenvalue weighted by molar-refractivity contribution is 5.70. The van der Waals surface area contributed by atoms with Crippen LogP contribution in [0.1, 0.15) is 18.3 Å². The van der Waals surface area contributed by atoms with Gasteiger partial charge in [0.15, 0.2) is 5.82 Å². The molecule has 0 aliphatic rings. The predicted octanol–water partition coefficient (Wildman–Crippen LogP) is 0.852. The number of aryl methyl sites for hydroxylation is 1. The van der Waals surface area contributed by atoms with Crippen molar-refractivity contribution in [2.24, 2.45) is 0 Å². The molecule has 0 amide bonds. The van der Waals surface area contributed by atoms with Crippen LogP contribution in [-0.4, -0.2) is 31.3 Å². The molecule has 0 spiro atoms. The SMILES string of the molecule is CCc1nnnn1-c1ccc(CC(=O)O)cc1. The van der Waals surface area contributed by atoms with Gasteiger partial charge >= 0.3 is 5.97 Å². The Kier molecular flexibility index (Phi) is 3.13. The van der Waals surface area contributed by atoms with Gasteiger partial charge in [-0.1, -0.05) is 19.1 Å². The Morgan fingerprint density at radius 3 is 2.65 bits per heavy atom. The maximum Gasteiger partial charge on any atom is 0.307 e. The first kappa shape index (κ1) is 11.3. The minimum absolute atomic E-state index is 0.0243. The van der Waals surface area contributed by atoms with Crippen LogP contribution in [0.4, 0.5) is 0 Å². The van der Waals surface area contributed by atoms with Gasteiger partial charge in [0, 0.05) is 6.42 Å². The fourth-order valence-corrected chi connectivity index (χ4v) is 1.56. The summed E-state index contributed by atoms with van der Waals surface area (Å²) in [4.78, 5) is 10.5. The van der Waals surface area contributed by atoms with E-state index in [1.165, 1.54) is 0 Å². The standard InChI is InChI=1S/C11H12N4O2/c1-2-10-12-13-14-15(10)9-5-3-8(4-6-9)7-11(16)17/h3-6H,2,7H2,1H3,(H,16,17). The van der Waals surface area contributed by atoms with Gasteiger partial charge < -0.3 is 5.11 Å². The Labute approximate surface area is 97.9 Å². The molecule has 0 aliphatic heterocycles. The molecule has 2 aromatic rings. The summed E-state index contributed by atoms with van der Waals surface area (Å²) in [6.45, 7) is 1.97. The lowest BCUT2D eigenvalue weighted by molar-refractivity contribution is -0.136. The zero-order valence-corrected chi connectivity index (χ0v) is 9.37. The molecular formula is C11H12N4O2. The van der Waals surface area contributed by atoms with Gasteiger partial charge in [-0.2, -0.15) is 4.68 Å². The summed E-state index contributed by atoms with van der Waals surface area (Å²) in [6, 6.07) is 7.16. The molecule has 0 atom stereocenters. The van der Waals surface area contributed by atoms with Crippen LogP contribution >= 0.6 is 0 Å². The number of aliphatic carboxylic acids is 1. The van der Waals surface area contributed by atoms with Gasteiger partial charge in [0.2, 0.25) is 0 Å². The van der Waals surface area contributed by atoms with Gasteiger partial charge in [0.05, 0.1) is 12.1 Å². The monoisotopic (exact) mass is 232 g/mol. The molecule has 1 aromatic carbocycles. The average Bonchev–Trinajstić information content (AvgIpc) is 2.77. The van der Waals surface area contributed by atoms with Crippen molar-refractivity contribution in [3.63, 3.8) is 0 Å². The Hall–Kier alpha value is -2.24. The van der Waals surface area contributed by atoms with E-state index in [9.17, 15) is 4.79 Å². The number of aromatic nitrogens is 4. The minimum Gasteiger partial charge on any atom is -0.481 e. The second-order valence-electron chi connectivity index (χ2n) is 3.60. The lowest BCUT2D eigenvalue weighted by atomic mass is 10.1. The zero-order valence-electron chi connectivity index (χ0n) is 9.37. The summed E-state index contributed by atoms with van der Waals surface area (Å²) in [5.41, 5.74) is 1.59. The van der Waals surface area contributed by atoms with E-state index < -0.39 is 5.97 Å². The van der Waals surface area contributed by atoms with Crippen molar-refractivity contribution >= 4 is 5.97 Å². The van der Waals surface area contributed by atoms with E-state index in [2.05, 4.69) is 15.5 Å². The highest BCUT2D eigenvalue weighted by atomic mass is 16.4. The van der Waals surface area contributed by atoms with Crippen molar-refractivity contribution in [3.8, 4) is 5.69 Å². The number of benzene rings is 1. The summed E-state index contributed by atoms with van der Waals surface area (Å²) < 4.78 is 1.64. The number of hydrogen-bond acceptors (Lipinski definition) is 4. The zero-order chi connectivity index (χ0) is 12.3. The average molecular weight is 232 g/mol. The molecule has 0 radical (unpaired) electrons. The van der Waals surface area contributed by atoms with Crippen molar-refractivity contribution in [1.29, 1.82) is 0 Å². The first-order valence-corrected chi connectivity index (χ1v) is 5.29. The molecule has 1 heterocycles.